The number of rotatable bonds is 8. The highest BCUT2D eigenvalue weighted by Gasteiger charge is 2.18. The van der Waals surface area contributed by atoms with Crippen molar-refractivity contribution >= 4 is 0 Å². The first-order chi connectivity index (χ1) is 12.6. The normalized spacial score (nSPS) is 17.2. The molecular formula is C18H26N4O4. The Hall–Kier alpha value is -2.16. The van der Waals surface area contributed by atoms with E-state index in [0.29, 0.717) is 29.8 Å². The molecule has 142 valence electrons. The molecule has 3 rings (SSSR count). The van der Waals surface area contributed by atoms with Crippen LogP contribution in [0.1, 0.15) is 11.7 Å². The Balaban J connectivity index is 1.48. The van der Waals surface area contributed by atoms with Gasteiger partial charge in [0.1, 0.15) is 12.7 Å². The molecule has 1 aromatic heterocycles. The number of ether oxygens (including phenoxy) is 2. The number of β-amino-alcohol motifs (C(OH)–C–C–N with tert-alkyl or cyclic N) is 1. The number of aryl methyl sites for hydroxylation is 1. The van der Waals surface area contributed by atoms with Gasteiger partial charge in [-0.2, -0.15) is 4.98 Å². The largest absolute Gasteiger partial charge is 0.487 e. The molecule has 0 radical (unpaired) electrons. The smallest absolute Gasteiger partial charge is 0.264 e. The third-order valence-corrected chi connectivity index (χ3v) is 4.27. The van der Waals surface area contributed by atoms with Gasteiger partial charge < -0.3 is 24.0 Å². The van der Waals surface area contributed by atoms with Crippen LogP contribution in [0, 0.1) is 6.92 Å². The first kappa shape index (κ1) is 18.6. The molecule has 2 heterocycles. The van der Waals surface area contributed by atoms with Crippen molar-refractivity contribution in [1.82, 2.24) is 19.9 Å². The van der Waals surface area contributed by atoms with Gasteiger partial charge in [-0.3, -0.25) is 4.90 Å². The predicted molar refractivity (Wildman–Crippen MR) is 95.2 cm³/mol. The minimum atomic E-state index is -0.551. The van der Waals surface area contributed by atoms with Gasteiger partial charge in [-0.15, -0.1) is 0 Å². The Labute approximate surface area is 153 Å². The zero-order chi connectivity index (χ0) is 18.4. The Morgan fingerprint density at radius 3 is 2.50 bits per heavy atom. The highest BCUT2D eigenvalue weighted by Crippen LogP contribution is 2.27. The molecule has 1 aliphatic heterocycles. The maximum absolute atomic E-state index is 10.3. The van der Waals surface area contributed by atoms with E-state index in [1.165, 1.54) is 0 Å². The molecule has 0 saturated carbocycles. The Morgan fingerprint density at radius 2 is 1.85 bits per heavy atom. The van der Waals surface area contributed by atoms with Gasteiger partial charge in [0.2, 0.25) is 0 Å². The second-order valence-electron chi connectivity index (χ2n) is 6.54. The van der Waals surface area contributed by atoms with Crippen LogP contribution in [-0.4, -0.2) is 77.5 Å². The van der Waals surface area contributed by atoms with Crippen LogP contribution in [0.25, 0.3) is 0 Å². The zero-order valence-corrected chi connectivity index (χ0v) is 15.3. The number of para-hydroxylation sites is 2. The SMILES string of the molecule is Cc1noc(COc2ccccc2OC[C@@H](O)CN2CCN(C)CC2)n1. The maximum atomic E-state index is 10.3. The van der Waals surface area contributed by atoms with Crippen LogP contribution in [0.3, 0.4) is 0 Å². The predicted octanol–water partition coefficient (Wildman–Crippen LogP) is 0.944. The van der Waals surface area contributed by atoms with Gasteiger partial charge in [0.05, 0.1) is 0 Å². The van der Waals surface area contributed by atoms with E-state index in [1.807, 2.05) is 24.3 Å². The van der Waals surface area contributed by atoms with Crippen molar-refractivity contribution in [2.45, 2.75) is 19.6 Å². The van der Waals surface area contributed by atoms with Crippen LogP contribution in [0.15, 0.2) is 28.8 Å². The fourth-order valence-corrected chi connectivity index (χ4v) is 2.79. The minimum absolute atomic E-state index is 0.172. The average Bonchev–Trinajstić information content (AvgIpc) is 3.06. The van der Waals surface area contributed by atoms with Gasteiger partial charge in [-0.1, -0.05) is 17.3 Å². The lowest BCUT2D eigenvalue weighted by molar-refractivity contribution is 0.0494. The van der Waals surface area contributed by atoms with Crippen molar-refractivity contribution in [2.75, 3.05) is 46.4 Å². The van der Waals surface area contributed by atoms with Crippen molar-refractivity contribution < 1.29 is 19.1 Å². The van der Waals surface area contributed by atoms with Crippen molar-refractivity contribution in [3.63, 3.8) is 0 Å². The van der Waals surface area contributed by atoms with Gasteiger partial charge >= 0.3 is 0 Å². The van der Waals surface area contributed by atoms with E-state index in [0.717, 1.165) is 26.2 Å². The van der Waals surface area contributed by atoms with Crippen LogP contribution in [-0.2, 0) is 6.61 Å². The summed E-state index contributed by atoms with van der Waals surface area (Å²) in [6.45, 7) is 6.74. The second kappa shape index (κ2) is 8.98. The molecule has 2 aromatic rings. The van der Waals surface area contributed by atoms with Crippen molar-refractivity contribution in [3.05, 3.63) is 36.0 Å². The fourth-order valence-electron chi connectivity index (χ4n) is 2.79. The summed E-state index contributed by atoms with van der Waals surface area (Å²) >= 11 is 0. The molecule has 0 amide bonds. The molecule has 1 aromatic carbocycles. The molecule has 26 heavy (non-hydrogen) atoms. The van der Waals surface area contributed by atoms with Crippen molar-refractivity contribution in [2.24, 2.45) is 0 Å². The highest BCUT2D eigenvalue weighted by molar-refractivity contribution is 5.39. The van der Waals surface area contributed by atoms with E-state index in [1.54, 1.807) is 6.92 Å². The minimum Gasteiger partial charge on any atom is -0.487 e. The van der Waals surface area contributed by atoms with E-state index in [-0.39, 0.29) is 13.2 Å². The van der Waals surface area contributed by atoms with Crippen LogP contribution in [0.4, 0.5) is 0 Å². The molecule has 0 bridgehead atoms. The molecule has 8 nitrogen and oxygen atoms in total. The molecule has 0 aliphatic carbocycles. The van der Waals surface area contributed by atoms with E-state index in [9.17, 15) is 5.11 Å². The van der Waals surface area contributed by atoms with E-state index >= 15 is 0 Å². The van der Waals surface area contributed by atoms with Crippen LogP contribution >= 0.6 is 0 Å². The number of aliphatic hydroxyl groups excluding tert-OH is 1. The van der Waals surface area contributed by atoms with Gasteiger partial charge in [0, 0.05) is 32.7 Å². The van der Waals surface area contributed by atoms with Gasteiger partial charge in [0.25, 0.3) is 5.89 Å². The van der Waals surface area contributed by atoms with Crippen molar-refractivity contribution in [1.29, 1.82) is 0 Å². The topological polar surface area (TPSA) is 84.1 Å². The summed E-state index contributed by atoms with van der Waals surface area (Å²) in [5.41, 5.74) is 0. The third kappa shape index (κ3) is 5.42. The van der Waals surface area contributed by atoms with E-state index < -0.39 is 6.10 Å². The summed E-state index contributed by atoms with van der Waals surface area (Å²) in [4.78, 5) is 8.66. The number of piperazine rings is 1. The zero-order valence-electron chi connectivity index (χ0n) is 15.3. The first-order valence-corrected chi connectivity index (χ1v) is 8.83. The van der Waals surface area contributed by atoms with Crippen LogP contribution in [0.5, 0.6) is 11.5 Å². The summed E-state index contributed by atoms with van der Waals surface area (Å²) in [5.74, 6) is 2.14. The standard InChI is InChI=1S/C18H26N4O4/c1-14-19-18(26-20-14)13-25-17-6-4-3-5-16(17)24-12-15(23)11-22-9-7-21(2)8-10-22/h3-6,15,23H,7-13H2,1-2H3/t15-/m0/s1. The molecule has 0 unspecified atom stereocenters. The lowest BCUT2D eigenvalue weighted by atomic mass is 10.2. The number of aliphatic hydroxyl groups is 1. The van der Waals surface area contributed by atoms with Gasteiger partial charge in [-0.25, -0.2) is 0 Å². The molecule has 0 spiro atoms. The number of benzene rings is 1. The number of likely N-dealkylation sites (N-methyl/N-ethyl adjacent to an activating group) is 1. The molecule has 1 saturated heterocycles. The van der Waals surface area contributed by atoms with Gasteiger partial charge in [-0.05, 0) is 26.1 Å². The summed E-state index contributed by atoms with van der Waals surface area (Å²) in [5, 5.41) is 14.0. The maximum Gasteiger partial charge on any atom is 0.264 e. The van der Waals surface area contributed by atoms with Crippen LogP contribution in [0.2, 0.25) is 0 Å². The monoisotopic (exact) mass is 362 g/mol. The number of aromatic nitrogens is 2. The van der Waals surface area contributed by atoms with E-state index in [2.05, 4.69) is 27.0 Å². The summed E-state index contributed by atoms with van der Waals surface area (Å²) in [6, 6.07) is 7.36. The Morgan fingerprint density at radius 1 is 1.15 bits per heavy atom. The van der Waals surface area contributed by atoms with Gasteiger partial charge in [0.15, 0.2) is 23.9 Å². The summed E-state index contributed by atoms with van der Waals surface area (Å²) in [6.07, 6.45) is -0.551. The summed E-state index contributed by atoms with van der Waals surface area (Å²) < 4.78 is 16.5. The van der Waals surface area contributed by atoms with E-state index in [4.69, 9.17) is 14.0 Å². The fraction of sp³-hybridized carbons (Fsp3) is 0.556. The summed E-state index contributed by atoms with van der Waals surface area (Å²) in [7, 11) is 2.11. The Kier molecular flexibility index (Phi) is 6.43. The highest BCUT2D eigenvalue weighted by atomic mass is 16.5. The first-order valence-electron chi connectivity index (χ1n) is 8.83. The molecule has 8 heteroatoms. The average molecular weight is 362 g/mol. The molecule has 1 N–H and O–H groups in total. The second-order valence-corrected chi connectivity index (χ2v) is 6.54. The lowest BCUT2D eigenvalue weighted by Crippen LogP contribution is -2.47. The number of hydrogen-bond acceptors (Lipinski definition) is 8. The lowest BCUT2D eigenvalue weighted by Gasteiger charge is -2.33. The Bertz CT molecular complexity index is 685. The van der Waals surface area contributed by atoms with Crippen molar-refractivity contribution in [3.8, 4) is 11.5 Å². The third-order valence-electron chi connectivity index (χ3n) is 4.27. The quantitative estimate of drug-likeness (QED) is 0.743. The number of hydrogen-bond donors (Lipinski definition) is 1. The molecular weight excluding hydrogens is 336 g/mol. The number of nitrogens with zero attached hydrogens (tertiary/aromatic N) is 4. The van der Waals surface area contributed by atoms with Crippen LogP contribution < -0.4 is 9.47 Å². The molecule has 1 atom stereocenters. The molecule has 1 aliphatic rings. The molecule has 1 fully saturated rings.